The van der Waals surface area contributed by atoms with Gasteiger partial charge in [-0.2, -0.15) is 4.31 Å². The van der Waals surface area contributed by atoms with Gasteiger partial charge in [0, 0.05) is 10.5 Å². The maximum absolute atomic E-state index is 13.6. The molecule has 2 aromatic carbocycles. The van der Waals surface area contributed by atoms with E-state index < -0.39 is 37.9 Å². The number of halogens is 1. The van der Waals surface area contributed by atoms with Gasteiger partial charge < -0.3 is 0 Å². The Balaban J connectivity index is 1.71. The Morgan fingerprint density at radius 2 is 1.42 bits per heavy atom. The van der Waals surface area contributed by atoms with Crippen LogP contribution in [0.2, 0.25) is 0 Å². The first kappa shape index (κ1) is 24.0. The lowest BCUT2D eigenvalue weighted by atomic mass is 10.2. The highest BCUT2D eigenvalue weighted by molar-refractivity contribution is 9.10. The van der Waals surface area contributed by atoms with E-state index in [0.29, 0.717) is 12.8 Å². The van der Waals surface area contributed by atoms with Crippen molar-refractivity contribution in [3.63, 3.8) is 0 Å². The third kappa shape index (κ3) is 4.62. The molecular weight excluding hydrogens is 534 g/mol. The molecule has 33 heavy (non-hydrogen) atoms. The SMILES string of the molecule is NS(=O)(=O)c1ccc(N2C(=O)CC(N(C3CCCC3)S(=O)(=O)c3ccc(Br)cc3)C2=O)cc1. The molecule has 9 nitrogen and oxygen atoms in total. The highest BCUT2D eigenvalue weighted by atomic mass is 79.9. The number of hydrogen-bond donors (Lipinski definition) is 1. The predicted molar refractivity (Wildman–Crippen MR) is 124 cm³/mol. The topological polar surface area (TPSA) is 135 Å². The maximum Gasteiger partial charge on any atom is 0.252 e. The van der Waals surface area contributed by atoms with Crippen LogP contribution in [0.5, 0.6) is 0 Å². The molecule has 2 aliphatic rings. The normalized spacial score (nSPS) is 20.2. The zero-order valence-electron chi connectivity index (χ0n) is 17.4. The number of nitrogens with two attached hydrogens (primary N) is 1. The van der Waals surface area contributed by atoms with Crippen molar-refractivity contribution in [2.75, 3.05) is 4.90 Å². The number of hydrogen-bond acceptors (Lipinski definition) is 6. The fraction of sp³-hybridized carbons (Fsp3) is 0.333. The Labute approximate surface area is 200 Å². The summed E-state index contributed by atoms with van der Waals surface area (Å²) in [6.07, 6.45) is 2.60. The molecular formula is C21H22BrN3O6S2. The van der Waals surface area contributed by atoms with Gasteiger partial charge in [0.1, 0.15) is 6.04 Å². The van der Waals surface area contributed by atoms with Crippen molar-refractivity contribution >= 4 is 53.5 Å². The van der Waals surface area contributed by atoms with Gasteiger partial charge in [0.15, 0.2) is 0 Å². The summed E-state index contributed by atoms with van der Waals surface area (Å²) in [5.41, 5.74) is 0.160. The third-order valence-electron chi connectivity index (χ3n) is 5.93. The molecule has 1 saturated carbocycles. The highest BCUT2D eigenvalue weighted by Gasteiger charge is 2.49. The highest BCUT2D eigenvalue weighted by Crippen LogP contribution is 2.36. The summed E-state index contributed by atoms with van der Waals surface area (Å²) in [6.45, 7) is 0. The summed E-state index contributed by atoms with van der Waals surface area (Å²) < 4.78 is 52.2. The lowest BCUT2D eigenvalue weighted by molar-refractivity contribution is -0.122. The van der Waals surface area contributed by atoms with E-state index in [1.165, 1.54) is 40.7 Å². The van der Waals surface area contributed by atoms with Gasteiger partial charge in [-0.3, -0.25) is 9.59 Å². The van der Waals surface area contributed by atoms with E-state index in [1.807, 2.05) is 0 Å². The number of anilines is 1. The quantitative estimate of drug-likeness (QED) is 0.543. The number of imide groups is 1. The van der Waals surface area contributed by atoms with E-state index in [2.05, 4.69) is 15.9 Å². The van der Waals surface area contributed by atoms with Crippen LogP contribution in [0.1, 0.15) is 32.1 Å². The lowest BCUT2D eigenvalue weighted by Crippen LogP contribution is -2.49. The number of rotatable bonds is 6. The average molecular weight is 556 g/mol. The molecule has 1 atom stereocenters. The molecule has 176 valence electrons. The van der Waals surface area contributed by atoms with Crippen molar-refractivity contribution in [1.29, 1.82) is 0 Å². The summed E-state index contributed by atoms with van der Waals surface area (Å²) >= 11 is 3.29. The number of carbonyl (C=O) groups is 2. The largest absolute Gasteiger partial charge is 0.274 e. The molecule has 1 aliphatic carbocycles. The molecule has 1 aliphatic heterocycles. The van der Waals surface area contributed by atoms with Crippen LogP contribution in [-0.4, -0.2) is 45.0 Å². The molecule has 12 heteroatoms. The van der Waals surface area contributed by atoms with E-state index in [4.69, 9.17) is 5.14 Å². The van der Waals surface area contributed by atoms with Crippen LogP contribution in [0.15, 0.2) is 62.8 Å². The molecule has 0 spiro atoms. The second-order valence-electron chi connectivity index (χ2n) is 8.05. The monoisotopic (exact) mass is 555 g/mol. The van der Waals surface area contributed by atoms with Crippen molar-refractivity contribution in [2.24, 2.45) is 5.14 Å². The lowest BCUT2D eigenvalue weighted by Gasteiger charge is -2.32. The van der Waals surface area contributed by atoms with Crippen LogP contribution in [0.4, 0.5) is 5.69 Å². The van der Waals surface area contributed by atoms with E-state index in [9.17, 15) is 26.4 Å². The first-order valence-electron chi connectivity index (χ1n) is 10.3. The van der Waals surface area contributed by atoms with Gasteiger partial charge in [-0.25, -0.2) is 26.9 Å². The molecule has 1 saturated heterocycles. The fourth-order valence-electron chi connectivity index (χ4n) is 4.38. The van der Waals surface area contributed by atoms with Gasteiger partial charge in [-0.1, -0.05) is 28.8 Å². The molecule has 0 radical (unpaired) electrons. The van der Waals surface area contributed by atoms with Gasteiger partial charge in [0.05, 0.1) is 21.9 Å². The molecule has 2 amide bonds. The van der Waals surface area contributed by atoms with Crippen LogP contribution in [0.3, 0.4) is 0 Å². The Bertz CT molecular complexity index is 1290. The van der Waals surface area contributed by atoms with Gasteiger partial charge >= 0.3 is 0 Å². The zero-order chi connectivity index (χ0) is 24.0. The number of amides is 2. The van der Waals surface area contributed by atoms with E-state index in [1.54, 1.807) is 12.1 Å². The number of primary sulfonamides is 1. The van der Waals surface area contributed by atoms with Crippen LogP contribution < -0.4 is 10.0 Å². The Morgan fingerprint density at radius 1 is 0.879 bits per heavy atom. The van der Waals surface area contributed by atoms with E-state index in [-0.39, 0.29) is 27.9 Å². The molecule has 2 fully saturated rings. The van der Waals surface area contributed by atoms with Crippen molar-refractivity contribution in [2.45, 2.75) is 54.0 Å². The second-order valence-corrected chi connectivity index (χ2v) is 12.4. The van der Waals surface area contributed by atoms with E-state index in [0.717, 1.165) is 22.2 Å². The summed E-state index contributed by atoms with van der Waals surface area (Å²) in [5.74, 6) is -1.21. The minimum atomic E-state index is -4.06. The number of carbonyl (C=O) groups excluding carboxylic acids is 2. The molecule has 0 bridgehead atoms. The zero-order valence-corrected chi connectivity index (χ0v) is 20.6. The molecule has 0 aromatic heterocycles. The first-order valence-corrected chi connectivity index (χ1v) is 14.1. The minimum Gasteiger partial charge on any atom is -0.274 e. The molecule has 2 aromatic rings. The van der Waals surface area contributed by atoms with Crippen LogP contribution in [0.25, 0.3) is 0 Å². The summed E-state index contributed by atoms with van der Waals surface area (Å²) in [6, 6.07) is 9.61. The van der Waals surface area contributed by atoms with Crippen molar-refractivity contribution in [1.82, 2.24) is 4.31 Å². The van der Waals surface area contributed by atoms with Gasteiger partial charge in [-0.15, -0.1) is 0 Å². The van der Waals surface area contributed by atoms with Crippen LogP contribution >= 0.6 is 15.9 Å². The van der Waals surface area contributed by atoms with E-state index >= 15 is 0 Å². The number of benzene rings is 2. The molecule has 1 heterocycles. The van der Waals surface area contributed by atoms with Gasteiger partial charge in [0.2, 0.25) is 26.0 Å². The summed E-state index contributed by atoms with van der Waals surface area (Å²) in [5, 5.41) is 5.11. The Morgan fingerprint density at radius 3 is 1.97 bits per heavy atom. The Hall–Kier alpha value is -2.12. The molecule has 2 N–H and O–H groups in total. The standard InChI is InChI=1S/C21H22BrN3O6S2/c22-14-5-9-18(10-6-14)33(30,31)25(16-3-1-2-4-16)19-13-20(26)24(21(19)27)15-7-11-17(12-8-15)32(23,28)29/h5-12,16,19H,1-4,13H2,(H2,23,28,29). The number of nitrogens with zero attached hydrogens (tertiary/aromatic N) is 2. The summed E-state index contributed by atoms with van der Waals surface area (Å²) in [7, 11) is -7.99. The minimum absolute atomic E-state index is 0.0498. The predicted octanol–water partition coefficient (Wildman–Crippen LogP) is 2.36. The number of sulfonamides is 2. The first-order chi connectivity index (χ1) is 15.5. The third-order valence-corrected chi connectivity index (χ3v) is 9.36. The molecule has 1 unspecified atom stereocenters. The average Bonchev–Trinajstić information content (AvgIpc) is 3.36. The van der Waals surface area contributed by atoms with Crippen molar-refractivity contribution in [3.05, 3.63) is 53.0 Å². The van der Waals surface area contributed by atoms with Crippen LogP contribution in [-0.2, 0) is 29.6 Å². The Kier molecular flexibility index (Phi) is 6.49. The van der Waals surface area contributed by atoms with Crippen molar-refractivity contribution in [3.8, 4) is 0 Å². The second kappa shape index (κ2) is 8.91. The maximum atomic E-state index is 13.6. The van der Waals surface area contributed by atoms with Crippen molar-refractivity contribution < 1.29 is 26.4 Å². The summed E-state index contributed by atoms with van der Waals surface area (Å²) in [4.78, 5) is 27.0. The fourth-order valence-corrected chi connectivity index (χ4v) is 6.98. The van der Waals surface area contributed by atoms with Gasteiger partial charge in [-0.05, 0) is 61.4 Å². The smallest absolute Gasteiger partial charge is 0.252 e. The van der Waals surface area contributed by atoms with Gasteiger partial charge in [0.25, 0.3) is 5.91 Å². The van der Waals surface area contributed by atoms with Crippen LogP contribution in [0, 0.1) is 0 Å². The molecule has 4 rings (SSSR count).